The summed E-state index contributed by atoms with van der Waals surface area (Å²) in [5.74, 6) is -2.96. The van der Waals surface area contributed by atoms with E-state index in [0.29, 0.717) is 0 Å². The van der Waals surface area contributed by atoms with Crippen molar-refractivity contribution in [2.24, 2.45) is 0 Å². The second-order valence-electron chi connectivity index (χ2n) is 5.61. The highest BCUT2D eigenvalue weighted by Crippen LogP contribution is 2.12. The van der Waals surface area contributed by atoms with Crippen LogP contribution >= 0.6 is 0 Å². The average Bonchev–Trinajstić information content (AvgIpc) is 2.51. The zero-order valence-corrected chi connectivity index (χ0v) is 14.1. The van der Waals surface area contributed by atoms with E-state index in [-0.39, 0.29) is 5.56 Å². The van der Waals surface area contributed by atoms with Crippen LogP contribution in [0.25, 0.3) is 0 Å². The van der Waals surface area contributed by atoms with E-state index in [2.05, 4.69) is 0 Å². The Morgan fingerprint density at radius 2 is 1.33 bits per heavy atom. The van der Waals surface area contributed by atoms with Crippen molar-refractivity contribution in [3.05, 3.63) is 35.9 Å². The molecular weight excluding hydrogens is 316 g/mol. The molecule has 0 aliphatic carbocycles. The smallest absolute Gasteiger partial charge is 0.351 e. The number of esters is 3. The van der Waals surface area contributed by atoms with Gasteiger partial charge in [-0.2, -0.15) is 0 Å². The molecule has 0 spiro atoms. The molecule has 1 aromatic carbocycles. The molecule has 132 valence electrons. The molecular formula is C17H22O7. The van der Waals surface area contributed by atoms with Gasteiger partial charge in [-0.3, -0.25) is 0 Å². The van der Waals surface area contributed by atoms with Crippen molar-refractivity contribution in [1.29, 1.82) is 0 Å². The van der Waals surface area contributed by atoms with Gasteiger partial charge in [0.15, 0.2) is 6.10 Å². The van der Waals surface area contributed by atoms with Crippen molar-refractivity contribution in [2.75, 3.05) is 0 Å². The predicted molar refractivity (Wildman–Crippen MR) is 84.1 cm³/mol. The Morgan fingerprint density at radius 3 is 1.83 bits per heavy atom. The maximum atomic E-state index is 12.1. The van der Waals surface area contributed by atoms with Gasteiger partial charge in [-0.25, -0.2) is 14.4 Å². The fourth-order valence-electron chi connectivity index (χ4n) is 1.72. The van der Waals surface area contributed by atoms with Gasteiger partial charge in [0.05, 0.1) is 17.8 Å². The Kier molecular flexibility index (Phi) is 7.38. The van der Waals surface area contributed by atoms with E-state index in [9.17, 15) is 19.5 Å². The number of aliphatic hydroxyl groups is 1. The first-order valence-electron chi connectivity index (χ1n) is 7.57. The largest absolute Gasteiger partial charge is 0.461 e. The third-order valence-corrected chi connectivity index (χ3v) is 2.71. The molecule has 0 aliphatic rings. The van der Waals surface area contributed by atoms with Crippen molar-refractivity contribution in [2.45, 2.75) is 52.1 Å². The Balaban J connectivity index is 2.94. The first kappa shape index (κ1) is 19.6. The molecule has 0 unspecified atom stereocenters. The van der Waals surface area contributed by atoms with Gasteiger partial charge in [0.1, 0.15) is 0 Å². The van der Waals surface area contributed by atoms with Gasteiger partial charge in [0.25, 0.3) is 0 Å². The van der Waals surface area contributed by atoms with E-state index in [0.717, 1.165) is 0 Å². The van der Waals surface area contributed by atoms with Crippen LogP contribution in [0.15, 0.2) is 30.3 Å². The number of hydrogen-bond donors (Lipinski definition) is 1. The minimum absolute atomic E-state index is 0.171. The molecule has 0 saturated heterocycles. The van der Waals surface area contributed by atoms with E-state index in [1.54, 1.807) is 45.9 Å². The van der Waals surface area contributed by atoms with Crippen LogP contribution in [-0.2, 0) is 23.8 Å². The number of rotatable bonds is 7. The van der Waals surface area contributed by atoms with Crippen molar-refractivity contribution in [3.8, 4) is 0 Å². The quantitative estimate of drug-likeness (QED) is 0.594. The van der Waals surface area contributed by atoms with Crippen LogP contribution in [0.4, 0.5) is 0 Å². The van der Waals surface area contributed by atoms with E-state index < -0.39 is 42.3 Å². The van der Waals surface area contributed by atoms with E-state index in [4.69, 9.17) is 14.2 Å². The van der Waals surface area contributed by atoms with Crippen LogP contribution in [0.2, 0.25) is 0 Å². The minimum atomic E-state index is -1.98. The lowest BCUT2D eigenvalue weighted by molar-refractivity contribution is -0.177. The summed E-state index contributed by atoms with van der Waals surface area (Å²) in [6, 6.07) is 7.89. The number of benzene rings is 1. The van der Waals surface area contributed by atoms with Crippen LogP contribution in [0.3, 0.4) is 0 Å². The molecule has 0 heterocycles. The van der Waals surface area contributed by atoms with Crippen molar-refractivity contribution in [1.82, 2.24) is 0 Å². The molecule has 1 N–H and O–H groups in total. The van der Waals surface area contributed by atoms with Crippen LogP contribution in [0.1, 0.15) is 38.1 Å². The molecule has 1 rings (SSSR count). The normalized spacial score (nSPS) is 13.3. The van der Waals surface area contributed by atoms with Crippen LogP contribution in [-0.4, -0.2) is 47.4 Å². The lowest BCUT2D eigenvalue weighted by Crippen LogP contribution is -2.45. The second kappa shape index (κ2) is 9.02. The molecule has 7 nitrogen and oxygen atoms in total. The number of carbonyl (C=O) groups is 3. The van der Waals surface area contributed by atoms with Gasteiger partial charge < -0.3 is 19.3 Å². The number of hydrogen-bond acceptors (Lipinski definition) is 7. The van der Waals surface area contributed by atoms with E-state index >= 15 is 0 Å². The summed E-state index contributed by atoms with van der Waals surface area (Å²) < 4.78 is 14.8. The molecule has 0 aromatic heterocycles. The Bertz CT molecular complexity index is 566. The molecule has 2 atom stereocenters. The highest BCUT2D eigenvalue weighted by atomic mass is 16.6. The van der Waals surface area contributed by atoms with Crippen LogP contribution in [0, 0.1) is 0 Å². The lowest BCUT2D eigenvalue weighted by atomic mass is 10.2. The summed E-state index contributed by atoms with van der Waals surface area (Å²) in [6.45, 7) is 6.35. The Hall–Kier alpha value is -2.41. The van der Waals surface area contributed by atoms with Crippen molar-refractivity contribution >= 4 is 17.9 Å². The van der Waals surface area contributed by atoms with Gasteiger partial charge in [-0.15, -0.1) is 0 Å². The molecule has 0 aliphatic heterocycles. The SMILES string of the molecule is CC(C)OC(=O)[C@H](O)[C@@H](OC(=O)c1ccccc1)C(=O)OC(C)C. The molecule has 24 heavy (non-hydrogen) atoms. The highest BCUT2D eigenvalue weighted by molar-refractivity contribution is 5.93. The Labute approximate surface area is 140 Å². The molecule has 0 fully saturated rings. The van der Waals surface area contributed by atoms with E-state index in [1.165, 1.54) is 12.1 Å². The minimum Gasteiger partial charge on any atom is -0.461 e. The summed E-state index contributed by atoms with van der Waals surface area (Å²) in [4.78, 5) is 36.0. The first-order valence-corrected chi connectivity index (χ1v) is 7.57. The first-order chi connectivity index (χ1) is 11.2. The fourth-order valence-corrected chi connectivity index (χ4v) is 1.72. The average molecular weight is 338 g/mol. The second-order valence-corrected chi connectivity index (χ2v) is 5.61. The molecule has 0 bridgehead atoms. The van der Waals surface area contributed by atoms with Gasteiger partial charge in [0.2, 0.25) is 6.10 Å². The molecule has 1 aromatic rings. The zero-order chi connectivity index (χ0) is 18.3. The van der Waals surface area contributed by atoms with Crippen molar-refractivity contribution in [3.63, 3.8) is 0 Å². The van der Waals surface area contributed by atoms with Crippen LogP contribution in [0.5, 0.6) is 0 Å². The maximum Gasteiger partial charge on any atom is 0.351 e. The monoisotopic (exact) mass is 338 g/mol. The van der Waals surface area contributed by atoms with Crippen molar-refractivity contribution < 1.29 is 33.7 Å². The summed E-state index contributed by atoms with van der Waals surface area (Å²) in [7, 11) is 0. The summed E-state index contributed by atoms with van der Waals surface area (Å²) >= 11 is 0. The third kappa shape index (κ3) is 6.00. The predicted octanol–water partition coefficient (Wildman–Crippen LogP) is 1.48. The number of ether oxygens (including phenoxy) is 3. The molecule has 0 saturated carbocycles. The summed E-state index contributed by atoms with van der Waals surface area (Å²) in [6.07, 6.45) is -4.81. The molecule has 0 amide bonds. The fraction of sp³-hybridized carbons (Fsp3) is 0.471. The standard InChI is InChI=1S/C17H22O7/c1-10(2)22-16(20)13(18)14(17(21)23-11(3)4)24-15(19)12-8-6-5-7-9-12/h5-11,13-14,18H,1-4H3/t13-,14-/m1/s1. The number of carbonyl (C=O) groups excluding carboxylic acids is 3. The van der Waals surface area contributed by atoms with Gasteiger partial charge in [-0.05, 0) is 39.8 Å². The highest BCUT2D eigenvalue weighted by Gasteiger charge is 2.39. The van der Waals surface area contributed by atoms with Crippen LogP contribution < -0.4 is 0 Å². The van der Waals surface area contributed by atoms with Gasteiger partial charge >= 0.3 is 17.9 Å². The third-order valence-electron chi connectivity index (χ3n) is 2.71. The topological polar surface area (TPSA) is 99.1 Å². The van der Waals surface area contributed by atoms with Gasteiger partial charge in [0, 0.05) is 0 Å². The maximum absolute atomic E-state index is 12.1. The lowest BCUT2D eigenvalue weighted by Gasteiger charge is -2.22. The molecule has 0 radical (unpaired) electrons. The molecule has 7 heteroatoms. The van der Waals surface area contributed by atoms with E-state index in [1.807, 2.05) is 0 Å². The van der Waals surface area contributed by atoms with Gasteiger partial charge in [-0.1, -0.05) is 18.2 Å². The number of aliphatic hydroxyl groups excluding tert-OH is 1. The zero-order valence-electron chi connectivity index (χ0n) is 14.1. The summed E-state index contributed by atoms with van der Waals surface area (Å²) in [5, 5.41) is 10.1. The summed E-state index contributed by atoms with van der Waals surface area (Å²) in [5.41, 5.74) is 0.171. The Morgan fingerprint density at radius 1 is 0.833 bits per heavy atom.